The van der Waals surface area contributed by atoms with Crippen LogP contribution in [0.25, 0.3) is 15.8 Å². The lowest BCUT2D eigenvalue weighted by molar-refractivity contribution is 0.641. The number of aromatic nitrogens is 1. The van der Waals surface area contributed by atoms with Crippen LogP contribution in [-0.4, -0.2) is 10.5 Å². The van der Waals surface area contributed by atoms with Crippen LogP contribution in [0.1, 0.15) is 11.1 Å². The zero-order valence-corrected chi connectivity index (χ0v) is 11.7. The molecule has 0 radical (unpaired) electrons. The molecule has 1 aromatic heterocycles. The first-order valence-corrected chi connectivity index (χ1v) is 7.55. The molecule has 4 rings (SSSR count). The van der Waals surface area contributed by atoms with Gasteiger partial charge in [-0.2, -0.15) is 0 Å². The number of benzene rings is 2. The van der Waals surface area contributed by atoms with Gasteiger partial charge in [-0.05, 0) is 42.3 Å². The van der Waals surface area contributed by atoms with Gasteiger partial charge in [0.15, 0.2) is 0 Å². The van der Waals surface area contributed by atoms with Crippen LogP contribution in [0.5, 0.6) is 0 Å². The summed E-state index contributed by atoms with van der Waals surface area (Å²) in [4.78, 5) is 12.6. The quantitative estimate of drug-likeness (QED) is 0.744. The second kappa shape index (κ2) is 4.58. The van der Waals surface area contributed by atoms with E-state index in [2.05, 4.69) is 17.4 Å². The summed E-state index contributed by atoms with van der Waals surface area (Å²) >= 11 is 1.53. The van der Waals surface area contributed by atoms with Gasteiger partial charge in [0, 0.05) is 6.54 Å². The van der Waals surface area contributed by atoms with Crippen LogP contribution in [0.15, 0.2) is 47.3 Å². The fraction of sp³-hybridized carbons (Fsp3) is 0.188. The summed E-state index contributed by atoms with van der Waals surface area (Å²) in [5.41, 5.74) is 3.76. The third-order valence-electron chi connectivity index (χ3n) is 3.83. The lowest BCUT2D eigenvalue weighted by Gasteiger charge is -2.19. The van der Waals surface area contributed by atoms with Crippen molar-refractivity contribution in [3.8, 4) is 5.69 Å². The molecule has 0 saturated carbocycles. The minimum Gasteiger partial charge on any atom is -0.312 e. The van der Waals surface area contributed by atoms with Gasteiger partial charge in [0.2, 0.25) is 0 Å². The largest absolute Gasteiger partial charge is 0.312 e. The van der Waals surface area contributed by atoms with Gasteiger partial charge in [0.05, 0.1) is 15.8 Å². The molecule has 3 nitrogen and oxygen atoms in total. The van der Waals surface area contributed by atoms with Crippen molar-refractivity contribution in [1.29, 1.82) is 0 Å². The molecule has 0 aliphatic carbocycles. The number of fused-ring (bicyclic) bond motifs is 2. The smallest absolute Gasteiger partial charge is 0.273 e. The molecular weight excluding hydrogens is 268 g/mol. The zero-order chi connectivity index (χ0) is 13.5. The van der Waals surface area contributed by atoms with Gasteiger partial charge in [-0.1, -0.05) is 35.8 Å². The standard InChI is InChI=1S/C16H14N2OS/c19-16-13-5-1-2-7-15(13)20-18(16)14-6-3-4-11-10-17-9-8-12(11)14/h1-7,17H,8-10H2. The van der Waals surface area contributed by atoms with Crippen LogP contribution in [0.2, 0.25) is 0 Å². The van der Waals surface area contributed by atoms with Crippen LogP contribution in [0, 0.1) is 0 Å². The van der Waals surface area contributed by atoms with E-state index in [0.717, 1.165) is 35.3 Å². The van der Waals surface area contributed by atoms with Crippen LogP contribution >= 0.6 is 11.5 Å². The molecule has 1 N–H and O–H groups in total. The van der Waals surface area contributed by atoms with Gasteiger partial charge >= 0.3 is 0 Å². The van der Waals surface area contributed by atoms with Crippen molar-refractivity contribution in [2.45, 2.75) is 13.0 Å². The summed E-state index contributed by atoms with van der Waals surface area (Å²) in [7, 11) is 0. The Labute approximate surface area is 120 Å². The minimum absolute atomic E-state index is 0.0949. The summed E-state index contributed by atoms with van der Waals surface area (Å²) < 4.78 is 2.89. The van der Waals surface area contributed by atoms with Gasteiger partial charge in [0.1, 0.15) is 0 Å². The second-order valence-corrected chi connectivity index (χ2v) is 6.02. The molecule has 3 aromatic rings. The third-order valence-corrected chi connectivity index (χ3v) is 4.92. The first-order chi connectivity index (χ1) is 9.84. The van der Waals surface area contributed by atoms with E-state index < -0.39 is 0 Å². The van der Waals surface area contributed by atoms with E-state index in [1.807, 2.05) is 34.3 Å². The molecule has 0 fully saturated rings. The molecule has 0 spiro atoms. The third kappa shape index (κ3) is 1.72. The van der Waals surface area contributed by atoms with Gasteiger partial charge in [0.25, 0.3) is 5.56 Å². The predicted octanol–water partition coefficient (Wildman–Crippen LogP) is 2.70. The first kappa shape index (κ1) is 11.9. The molecule has 0 atom stereocenters. The van der Waals surface area contributed by atoms with E-state index in [1.54, 1.807) is 0 Å². The molecule has 20 heavy (non-hydrogen) atoms. The highest BCUT2D eigenvalue weighted by molar-refractivity contribution is 7.14. The molecule has 4 heteroatoms. The van der Waals surface area contributed by atoms with Crippen LogP contribution in [0.3, 0.4) is 0 Å². The Morgan fingerprint density at radius 1 is 1.10 bits per heavy atom. The molecule has 1 aliphatic heterocycles. The molecule has 2 aromatic carbocycles. The van der Waals surface area contributed by atoms with Crippen molar-refractivity contribution in [2.75, 3.05) is 6.54 Å². The van der Waals surface area contributed by atoms with Crippen LogP contribution < -0.4 is 10.9 Å². The first-order valence-electron chi connectivity index (χ1n) is 6.77. The van der Waals surface area contributed by atoms with Crippen LogP contribution in [-0.2, 0) is 13.0 Å². The average molecular weight is 282 g/mol. The van der Waals surface area contributed by atoms with Crippen molar-refractivity contribution in [3.63, 3.8) is 0 Å². The number of hydrogen-bond acceptors (Lipinski definition) is 3. The fourth-order valence-electron chi connectivity index (χ4n) is 2.83. The summed E-state index contributed by atoms with van der Waals surface area (Å²) in [5.74, 6) is 0. The molecular formula is C16H14N2OS. The number of rotatable bonds is 1. The normalized spacial score (nSPS) is 14.4. The Kier molecular flexibility index (Phi) is 2.72. The maximum Gasteiger partial charge on any atom is 0.273 e. The van der Waals surface area contributed by atoms with Crippen molar-refractivity contribution in [1.82, 2.24) is 9.27 Å². The SMILES string of the molecule is O=c1c2ccccc2sn1-c1cccc2c1CCNC2. The van der Waals surface area contributed by atoms with Gasteiger partial charge in [-0.15, -0.1) is 0 Å². The fourth-order valence-corrected chi connectivity index (χ4v) is 3.87. The Hall–Kier alpha value is -1.91. The molecule has 100 valence electrons. The topological polar surface area (TPSA) is 34.0 Å². The highest BCUT2D eigenvalue weighted by Crippen LogP contribution is 2.25. The number of nitrogens with one attached hydrogen (secondary N) is 1. The molecule has 2 heterocycles. The van der Waals surface area contributed by atoms with E-state index in [4.69, 9.17) is 0 Å². The van der Waals surface area contributed by atoms with Gasteiger partial charge < -0.3 is 5.32 Å². The van der Waals surface area contributed by atoms with Gasteiger partial charge in [-0.25, -0.2) is 3.96 Å². The molecule has 0 saturated heterocycles. The molecule has 0 bridgehead atoms. The summed E-state index contributed by atoms with van der Waals surface area (Å²) in [5, 5.41) is 4.19. The monoisotopic (exact) mass is 282 g/mol. The maximum absolute atomic E-state index is 12.6. The van der Waals surface area contributed by atoms with Gasteiger partial charge in [-0.3, -0.25) is 4.79 Å². The summed E-state index contributed by atoms with van der Waals surface area (Å²) in [6, 6.07) is 14.1. The molecule has 0 unspecified atom stereocenters. The predicted molar refractivity (Wildman–Crippen MR) is 82.8 cm³/mol. The van der Waals surface area contributed by atoms with Crippen LogP contribution in [0.4, 0.5) is 0 Å². The highest BCUT2D eigenvalue weighted by Gasteiger charge is 2.16. The number of nitrogens with zero attached hydrogens (tertiary/aromatic N) is 1. The second-order valence-electron chi connectivity index (χ2n) is 5.03. The van der Waals surface area contributed by atoms with Crippen molar-refractivity contribution >= 4 is 21.6 Å². The maximum atomic E-state index is 12.6. The minimum atomic E-state index is 0.0949. The summed E-state index contributed by atoms with van der Waals surface area (Å²) in [6.07, 6.45) is 0.978. The average Bonchev–Trinajstić information content (AvgIpc) is 2.84. The van der Waals surface area contributed by atoms with E-state index in [9.17, 15) is 4.79 Å². The van der Waals surface area contributed by atoms with E-state index in [-0.39, 0.29) is 5.56 Å². The molecule has 1 aliphatic rings. The number of hydrogen-bond donors (Lipinski definition) is 1. The Morgan fingerprint density at radius 3 is 2.90 bits per heavy atom. The Bertz CT molecular complexity index is 847. The lowest BCUT2D eigenvalue weighted by atomic mass is 9.99. The highest BCUT2D eigenvalue weighted by atomic mass is 32.1. The van der Waals surface area contributed by atoms with E-state index >= 15 is 0 Å². The zero-order valence-electron chi connectivity index (χ0n) is 10.9. The van der Waals surface area contributed by atoms with Crippen molar-refractivity contribution in [2.24, 2.45) is 0 Å². The van der Waals surface area contributed by atoms with Crippen molar-refractivity contribution < 1.29 is 0 Å². The van der Waals surface area contributed by atoms with Crippen molar-refractivity contribution in [3.05, 3.63) is 63.9 Å². The summed E-state index contributed by atoms with van der Waals surface area (Å²) in [6.45, 7) is 1.87. The lowest BCUT2D eigenvalue weighted by Crippen LogP contribution is -2.25. The Balaban J connectivity index is 2.00. The Morgan fingerprint density at radius 2 is 2.00 bits per heavy atom. The van der Waals surface area contributed by atoms with E-state index in [1.165, 1.54) is 22.7 Å². The van der Waals surface area contributed by atoms with E-state index in [0.29, 0.717) is 0 Å². The molecule has 0 amide bonds.